The maximum absolute atomic E-state index is 8.79. The van der Waals surface area contributed by atoms with E-state index in [4.69, 9.17) is 5.21 Å². The van der Waals surface area contributed by atoms with Gasteiger partial charge >= 0.3 is 0 Å². The SMILES string of the molecule is O/N=C1\CCNc2ccc(I)cc21. The minimum Gasteiger partial charge on any atom is -0.411 e. The second kappa shape index (κ2) is 3.53. The fourth-order valence-corrected chi connectivity index (χ4v) is 1.95. The lowest BCUT2D eigenvalue weighted by Gasteiger charge is -2.18. The molecule has 13 heavy (non-hydrogen) atoms. The van der Waals surface area contributed by atoms with Gasteiger partial charge in [0.15, 0.2) is 0 Å². The Morgan fingerprint density at radius 3 is 3.08 bits per heavy atom. The van der Waals surface area contributed by atoms with Crippen molar-refractivity contribution in [3.8, 4) is 0 Å². The number of halogens is 1. The van der Waals surface area contributed by atoms with E-state index in [1.807, 2.05) is 18.2 Å². The number of hydrogen-bond acceptors (Lipinski definition) is 3. The molecule has 0 radical (unpaired) electrons. The van der Waals surface area contributed by atoms with Gasteiger partial charge in [-0.15, -0.1) is 0 Å². The fourth-order valence-electron chi connectivity index (χ4n) is 1.46. The van der Waals surface area contributed by atoms with Gasteiger partial charge in [0, 0.05) is 27.8 Å². The highest BCUT2D eigenvalue weighted by molar-refractivity contribution is 14.1. The molecule has 0 unspecified atom stereocenters. The third-order valence-electron chi connectivity index (χ3n) is 2.09. The van der Waals surface area contributed by atoms with Crippen molar-refractivity contribution in [2.75, 3.05) is 11.9 Å². The van der Waals surface area contributed by atoms with Crippen LogP contribution in [-0.2, 0) is 0 Å². The molecule has 3 nitrogen and oxygen atoms in total. The Hall–Kier alpha value is -0.780. The van der Waals surface area contributed by atoms with Crippen molar-refractivity contribution in [2.24, 2.45) is 5.16 Å². The Balaban J connectivity index is 2.54. The highest BCUT2D eigenvalue weighted by Gasteiger charge is 2.15. The number of fused-ring (bicyclic) bond motifs is 1. The first-order valence-corrected chi connectivity index (χ1v) is 5.14. The minimum atomic E-state index is 0.771. The van der Waals surface area contributed by atoms with Gasteiger partial charge in [-0.2, -0.15) is 0 Å². The normalized spacial score (nSPS) is 18.1. The topological polar surface area (TPSA) is 44.6 Å². The van der Waals surface area contributed by atoms with Gasteiger partial charge in [0.1, 0.15) is 0 Å². The first-order chi connectivity index (χ1) is 6.31. The number of anilines is 1. The van der Waals surface area contributed by atoms with Gasteiger partial charge in [-0.25, -0.2) is 0 Å². The molecule has 0 spiro atoms. The molecule has 0 atom stereocenters. The van der Waals surface area contributed by atoms with E-state index >= 15 is 0 Å². The molecule has 0 bridgehead atoms. The Morgan fingerprint density at radius 1 is 1.46 bits per heavy atom. The van der Waals surface area contributed by atoms with Crippen molar-refractivity contribution in [3.05, 3.63) is 27.3 Å². The summed E-state index contributed by atoms with van der Waals surface area (Å²) in [6, 6.07) is 6.07. The van der Waals surface area contributed by atoms with Crippen LogP contribution < -0.4 is 5.32 Å². The Labute approximate surface area is 90.0 Å². The molecule has 1 aliphatic heterocycles. The summed E-state index contributed by atoms with van der Waals surface area (Å²) < 4.78 is 1.15. The predicted octanol–water partition coefficient (Wildman–Crippen LogP) is 2.29. The molecule has 0 amide bonds. The van der Waals surface area contributed by atoms with Crippen molar-refractivity contribution in [2.45, 2.75) is 6.42 Å². The molecule has 0 fully saturated rings. The lowest BCUT2D eigenvalue weighted by atomic mass is 10.0. The zero-order valence-corrected chi connectivity index (χ0v) is 9.08. The number of rotatable bonds is 0. The third kappa shape index (κ3) is 1.63. The van der Waals surface area contributed by atoms with E-state index in [1.54, 1.807) is 0 Å². The monoisotopic (exact) mass is 288 g/mol. The smallest absolute Gasteiger partial charge is 0.0906 e. The van der Waals surface area contributed by atoms with Gasteiger partial charge in [0.2, 0.25) is 0 Å². The Kier molecular flexibility index (Phi) is 2.39. The molecule has 0 saturated heterocycles. The minimum absolute atomic E-state index is 0.771. The van der Waals surface area contributed by atoms with Crippen LogP contribution in [0, 0.1) is 3.57 Å². The summed E-state index contributed by atoms with van der Waals surface area (Å²) in [5.74, 6) is 0. The van der Waals surface area contributed by atoms with Crippen LogP contribution in [0.25, 0.3) is 0 Å². The van der Waals surface area contributed by atoms with E-state index in [0.717, 1.165) is 33.5 Å². The standard InChI is InChI=1S/C9H9IN2O/c10-6-1-2-8-7(5-6)9(12-13)3-4-11-8/h1-2,5,11,13H,3-4H2/b12-9+. The molecule has 1 aromatic carbocycles. The second-order valence-electron chi connectivity index (χ2n) is 2.91. The largest absolute Gasteiger partial charge is 0.411 e. The highest BCUT2D eigenvalue weighted by Crippen LogP contribution is 2.23. The highest BCUT2D eigenvalue weighted by atomic mass is 127. The zero-order valence-electron chi connectivity index (χ0n) is 6.92. The quantitative estimate of drug-likeness (QED) is 0.437. The molecule has 0 saturated carbocycles. The summed E-state index contributed by atoms with van der Waals surface area (Å²) >= 11 is 2.25. The second-order valence-corrected chi connectivity index (χ2v) is 4.16. The maximum Gasteiger partial charge on any atom is 0.0906 e. The molecule has 68 valence electrons. The van der Waals surface area contributed by atoms with Crippen molar-refractivity contribution in [1.82, 2.24) is 0 Å². The summed E-state index contributed by atoms with van der Waals surface area (Å²) in [5, 5.41) is 15.3. The van der Waals surface area contributed by atoms with Gasteiger partial charge in [0.25, 0.3) is 0 Å². The van der Waals surface area contributed by atoms with Crippen LogP contribution >= 0.6 is 22.6 Å². The van der Waals surface area contributed by atoms with E-state index in [1.165, 1.54) is 0 Å². The van der Waals surface area contributed by atoms with E-state index in [2.05, 4.69) is 33.1 Å². The van der Waals surface area contributed by atoms with Crippen molar-refractivity contribution in [1.29, 1.82) is 0 Å². The van der Waals surface area contributed by atoms with E-state index in [0.29, 0.717) is 0 Å². The summed E-state index contributed by atoms with van der Waals surface area (Å²) in [6.45, 7) is 0.840. The van der Waals surface area contributed by atoms with Crippen LogP contribution in [0.4, 0.5) is 5.69 Å². The summed E-state index contributed by atoms with van der Waals surface area (Å²) in [6.07, 6.45) is 0.781. The molecule has 1 aromatic rings. The lowest BCUT2D eigenvalue weighted by molar-refractivity contribution is 0.318. The van der Waals surface area contributed by atoms with E-state index in [-0.39, 0.29) is 0 Å². The molecule has 1 heterocycles. The van der Waals surface area contributed by atoms with Crippen LogP contribution in [0.5, 0.6) is 0 Å². The number of hydrogen-bond donors (Lipinski definition) is 2. The molecule has 2 rings (SSSR count). The van der Waals surface area contributed by atoms with Crippen LogP contribution in [0.3, 0.4) is 0 Å². The van der Waals surface area contributed by atoms with E-state index < -0.39 is 0 Å². The van der Waals surface area contributed by atoms with Gasteiger partial charge < -0.3 is 10.5 Å². The molecule has 0 aliphatic carbocycles. The number of nitrogens with one attached hydrogen (secondary N) is 1. The molecule has 4 heteroatoms. The predicted molar refractivity (Wildman–Crippen MR) is 60.6 cm³/mol. The van der Waals surface area contributed by atoms with Crippen molar-refractivity contribution < 1.29 is 5.21 Å². The lowest BCUT2D eigenvalue weighted by Crippen LogP contribution is -2.18. The average molecular weight is 288 g/mol. The Morgan fingerprint density at radius 2 is 2.31 bits per heavy atom. The van der Waals surface area contributed by atoms with Crippen molar-refractivity contribution in [3.63, 3.8) is 0 Å². The number of oxime groups is 1. The van der Waals surface area contributed by atoms with Crippen molar-refractivity contribution >= 4 is 34.0 Å². The molecular formula is C9H9IN2O. The summed E-state index contributed by atoms with van der Waals surface area (Å²) in [7, 11) is 0. The zero-order chi connectivity index (χ0) is 9.26. The molecular weight excluding hydrogens is 279 g/mol. The molecule has 2 N–H and O–H groups in total. The van der Waals surface area contributed by atoms with Crippen LogP contribution in [-0.4, -0.2) is 17.5 Å². The summed E-state index contributed by atoms with van der Waals surface area (Å²) in [5.41, 5.74) is 2.84. The van der Waals surface area contributed by atoms with Crippen LogP contribution in [0.1, 0.15) is 12.0 Å². The van der Waals surface area contributed by atoms with Crippen LogP contribution in [0.2, 0.25) is 0 Å². The first-order valence-electron chi connectivity index (χ1n) is 4.06. The Bertz CT molecular complexity index is 363. The first kappa shape index (κ1) is 8.80. The fraction of sp³-hybridized carbons (Fsp3) is 0.222. The van der Waals surface area contributed by atoms with Gasteiger partial charge in [-0.05, 0) is 40.8 Å². The maximum atomic E-state index is 8.79. The molecule has 1 aliphatic rings. The number of benzene rings is 1. The average Bonchev–Trinajstić information content (AvgIpc) is 2.17. The van der Waals surface area contributed by atoms with Crippen LogP contribution in [0.15, 0.2) is 23.4 Å². The summed E-state index contributed by atoms with van der Waals surface area (Å²) in [4.78, 5) is 0. The third-order valence-corrected chi connectivity index (χ3v) is 2.76. The number of nitrogens with zero attached hydrogens (tertiary/aromatic N) is 1. The van der Waals surface area contributed by atoms with E-state index in [9.17, 15) is 0 Å². The van der Waals surface area contributed by atoms with Gasteiger partial charge in [-0.1, -0.05) is 5.16 Å². The van der Waals surface area contributed by atoms with Gasteiger partial charge in [-0.3, -0.25) is 0 Å². The van der Waals surface area contributed by atoms with Gasteiger partial charge in [0.05, 0.1) is 5.71 Å². The molecule has 0 aromatic heterocycles.